The Bertz CT molecular complexity index is 993. The molecule has 0 fully saturated rings. The number of hydrogen-bond donors (Lipinski definition) is 0. The second-order valence-electron chi connectivity index (χ2n) is 19.6. The predicted molar refractivity (Wildman–Crippen MR) is 275 cm³/mol. The van der Waals surface area contributed by atoms with Crippen molar-refractivity contribution in [2.24, 2.45) is 0 Å². The summed E-state index contributed by atoms with van der Waals surface area (Å²) in [5.41, 5.74) is 0. The van der Waals surface area contributed by atoms with Gasteiger partial charge in [-0.15, -0.1) is 0 Å². The number of esters is 3. The Morgan fingerprint density at radius 3 is 0.781 bits per heavy atom. The smallest absolute Gasteiger partial charge is 0.306 e. The standard InChI is InChI=1S/C58H110O6/c1-4-7-10-13-16-19-22-25-28-30-33-36-39-42-45-48-51-57(60)63-54-55(53-62-56(59)50-47-44-41-38-35-32-27-24-21-18-15-12-9-6-3)64-58(61)52-49-46-43-40-37-34-31-29-26-23-20-17-14-11-8-5-2/h24,27,55H,4-23,25-26,28-54H2,1-3H3/b27-24-. The van der Waals surface area contributed by atoms with Crippen molar-refractivity contribution >= 4 is 17.9 Å². The minimum absolute atomic E-state index is 0.0665. The van der Waals surface area contributed by atoms with Crippen LogP contribution < -0.4 is 0 Å². The van der Waals surface area contributed by atoms with Gasteiger partial charge in [0, 0.05) is 19.3 Å². The monoisotopic (exact) mass is 903 g/mol. The highest BCUT2D eigenvalue weighted by atomic mass is 16.6. The second-order valence-corrected chi connectivity index (χ2v) is 19.6. The molecule has 0 aliphatic heterocycles. The van der Waals surface area contributed by atoms with Gasteiger partial charge in [-0.3, -0.25) is 14.4 Å². The Morgan fingerprint density at radius 1 is 0.297 bits per heavy atom. The Hall–Kier alpha value is -1.85. The van der Waals surface area contributed by atoms with Crippen molar-refractivity contribution in [2.75, 3.05) is 13.2 Å². The Balaban J connectivity index is 4.32. The molecule has 1 atom stereocenters. The molecule has 0 radical (unpaired) electrons. The van der Waals surface area contributed by atoms with E-state index in [0.717, 1.165) is 64.2 Å². The van der Waals surface area contributed by atoms with Gasteiger partial charge in [-0.25, -0.2) is 0 Å². The second kappa shape index (κ2) is 53.8. The lowest BCUT2D eigenvalue weighted by Crippen LogP contribution is -2.30. The highest BCUT2D eigenvalue weighted by Crippen LogP contribution is 2.17. The van der Waals surface area contributed by atoms with Gasteiger partial charge in [0.15, 0.2) is 6.10 Å². The third-order valence-corrected chi connectivity index (χ3v) is 13.0. The molecule has 0 aliphatic rings. The number of carbonyl (C=O) groups is 3. The molecule has 0 rings (SSSR count). The van der Waals surface area contributed by atoms with Gasteiger partial charge in [-0.05, 0) is 44.9 Å². The van der Waals surface area contributed by atoms with E-state index in [4.69, 9.17) is 14.2 Å². The average molecular weight is 904 g/mol. The fourth-order valence-corrected chi connectivity index (χ4v) is 8.68. The summed E-state index contributed by atoms with van der Waals surface area (Å²) in [6.07, 6.45) is 60.5. The maximum absolute atomic E-state index is 12.8. The molecule has 64 heavy (non-hydrogen) atoms. The summed E-state index contributed by atoms with van der Waals surface area (Å²) in [5, 5.41) is 0. The number of rotatable bonds is 53. The first-order chi connectivity index (χ1) is 31.5. The quantitative estimate of drug-likeness (QED) is 0.0262. The zero-order chi connectivity index (χ0) is 46.5. The summed E-state index contributed by atoms with van der Waals surface area (Å²) < 4.78 is 16.9. The average Bonchev–Trinajstić information content (AvgIpc) is 3.29. The molecule has 0 aromatic rings. The molecular formula is C58H110O6. The molecule has 0 N–H and O–H groups in total. The molecule has 0 bridgehead atoms. The summed E-state index contributed by atoms with van der Waals surface area (Å²) in [5.74, 6) is -0.851. The first kappa shape index (κ1) is 62.1. The number of ether oxygens (including phenoxy) is 3. The molecule has 6 heteroatoms. The van der Waals surface area contributed by atoms with Crippen molar-refractivity contribution in [3.05, 3.63) is 12.2 Å². The fourth-order valence-electron chi connectivity index (χ4n) is 8.68. The first-order valence-corrected chi connectivity index (χ1v) is 28.7. The third kappa shape index (κ3) is 51.1. The fraction of sp³-hybridized carbons (Fsp3) is 0.914. The van der Waals surface area contributed by atoms with E-state index < -0.39 is 6.10 Å². The largest absolute Gasteiger partial charge is 0.462 e. The van der Waals surface area contributed by atoms with Crippen LogP contribution in [0.25, 0.3) is 0 Å². The van der Waals surface area contributed by atoms with Crippen LogP contribution in [0, 0.1) is 0 Å². The topological polar surface area (TPSA) is 78.9 Å². The van der Waals surface area contributed by atoms with Gasteiger partial charge in [0.05, 0.1) is 0 Å². The van der Waals surface area contributed by atoms with Crippen LogP contribution >= 0.6 is 0 Å². The minimum atomic E-state index is -0.767. The van der Waals surface area contributed by atoms with Crippen molar-refractivity contribution in [1.82, 2.24) is 0 Å². The van der Waals surface area contributed by atoms with Gasteiger partial charge in [0.25, 0.3) is 0 Å². The molecule has 0 aromatic heterocycles. The van der Waals surface area contributed by atoms with Gasteiger partial charge in [-0.1, -0.05) is 270 Å². The molecular weight excluding hydrogens is 793 g/mol. The van der Waals surface area contributed by atoms with E-state index in [2.05, 4.69) is 32.9 Å². The summed E-state index contributed by atoms with van der Waals surface area (Å²) in [7, 11) is 0. The molecule has 0 spiro atoms. The van der Waals surface area contributed by atoms with Gasteiger partial charge < -0.3 is 14.2 Å². The number of allylic oxidation sites excluding steroid dienone is 2. The summed E-state index contributed by atoms with van der Waals surface area (Å²) in [6, 6.07) is 0. The van der Waals surface area contributed by atoms with Gasteiger partial charge in [0.1, 0.15) is 13.2 Å². The van der Waals surface area contributed by atoms with E-state index in [1.54, 1.807) is 0 Å². The normalized spacial score (nSPS) is 12.0. The van der Waals surface area contributed by atoms with Crippen LogP contribution in [-0.2, 0) is 28.6 Å². The summed E-state index contributed by atoms with van der Waals surface area (Å²) in [4.78, 5) is 38.1. The van der Waals surface area contributed by atoms with Crippen LogP contribution in [0.3, 0.4) is 0 Å². The minimum Gasteiger partial charge on any atom is -0.462 e. The van der Waals surface area contributed by atoms with Crippen LogP contribution in [0.15, 0.2) is 12.2 Å². The van der Waals surface area contributed by atoms with Gasteiger partial charge in [-0.2, -0.15) is 0 Å². The predicted octanol–water partition coefficient (Wildman–Crippen LogP) is 18.9. The first-order valence-electron chi connectivity index (χ1n) is 28.7. The molecule has 0 aromatic carbocycles. The summed E-state index contributed by atoms with van der Waals surface area (Å²) >= 11 is 0. The van der Waals surface area contributed by atoms with Crippen molar-refractivity contribution in [3.63, 3.8) is 0 Å². The molecule has 0 amide bonds. The number of carbonyl (C=O) groups excluding carboxylic acids is 3. The molecule has 0 aliphatic carbocycles. The van der Waals surface area contributed by atoms with E-state index in [0.29, 0.717) is 19.3 Å². The molecule has 378 valence electrons. The number of unbranched alkanes of at least 4 members (excludes halogenated alkanes) is 40. The maximum atomic E-state index is 12.8. The van der Waals surface area contributed by atoms with E-state index in [1.807, 2.05) is 0 Å². The molecule has 6 nitrogen and oxygen atoms in total. The SMILES string of the molecule is CCCCCCC/C=C\CCCCCCCC(=O)OCC(COC(=O)CCCCCCCCCCCCCCCCCC)OC(=O)CCCCCCCCCCCCCCCCCC. The van der Waals surface area contributed by atoms with E-state index in [1.165, 1.54) is 218 Å². The Morgan fingerprint density at radius 2 is 0.516 bits per heavy atom. The lowest BCUT2D eigenvalue weighted by atomic mass is 10.0. The lowest BCUT2D eigenvalue weighted by molar-refractivity contribution is -0.167. The van der Waals surface area contributed by atoms with Crippen molar-refractivity contribution in [2.45, 2.75) is 329 Å². The van der Waals surface area contributed by atoms with Crippen LogP contribution in [-0.4, -0.2) is 37.2 Å². The zero-order valence-corrected chi connectivity index (χ0v) is 43.3. The van der Waals surface area contributed by atoms with Crippen molar-refractivity contribution in [1.29, 1.82) is 0 Å². The Labute approximate surface area is 399 Å². The van der Waals surface area contributed by atoms with Gasteiger partial charge >= 0.3 is 17.9 Å². The van der Waals surface area contributed by atoms with Crippen LogP contribution in [0.2, 0.25) is 0 Å². The molecule has 1 unspecified atom stereocenters. The zero-order valence-electron chi connectivity index (χ0n) is 43.3. The van der Waals surface area contributed by atoms with Crippen molar-refractivity contribution in [3.8, 4) is 0 Å². The van der Waals surface area contributed by atoms with E-state index in [9.17, 15) is 14.4 Å². The van der Waals surface area contributed by atoms with Crippen LogP contribution in [0.4, 0.5) is 0 Å². The maximum Gasteiger partial charge on any atom is 0.306 e. The van der Waals surface area contributed by atoms with Crippen LogP contribution in [0.5, 0.6) is 0 Å². The van der Waals surface area contributed by atoms with E-state index >= 15 is 0 Å². The summed E-state index contributed by atoms with van der Waals surface area (Å²) in [6.45, 7) is 6.68. The number of hydrogen-bond acceptors (Lipinski definition) is 6. The molecule has 0 saturated heterocycles. The highest BCUT2D eigenvalue weighted by Gasteiger charge is 2.19. The van der Waals surface area contributed by atoms with Crippen LogP contribution in [0.1, 0.15) is 323 Å². The van der Waals surface area contributed by atoms with Crippen molar-refractivity contribution < 1.29 is 28.6 Å². The van der Waals surface area contributed by atoms with Gasteiger partial charge in [0.2, 0.25) is 0 Å². The highest BCUT2D eigenvalue weighted by molar-refractivity contribution is 5.71. The molecule has 0 heterocycles. The lowest BCUT2D eigenvalue weighted by Gasteiger charge is -2.18. The molecule has 0 saturated carbocycles. The van der Waals surface area contributed by atoms with E-state index in [-0.39, 0.29) is 31.1 Å². The Kier molecular flexibility index (Phi) is 52.2. The third-order valence-electron chi connectivity index (χ3n) is 13.0.